The lowest BCUT2D eigenvalue weighted by molar-refractivity contribution is 0.0389. The third-order valence-corrected chi connectivity index (χ3v) is 4.36. The fourth-order valence-electron chi connectivity index (χ4n) is 2.76. The Morgan fingerprint density at radius 2 is 2.12 bits per heavy atom. The van der Waals surface area contributed by atoms with Gasteiger partial charge in [-0.05, 0) is 25.2 Å². The molecule has 0 spiro atoms. The summed E-state index contributed by atoms with van der Waals surface area (Å²) in [6.07, 6.45) is 1.97. The van der Waals surface area contributed by atoms with Gasteiger partial charge in [0.05, 0.1) is 18.9 Å². The number of para-hydroxylation sites is 1. The zero-order chi connectivity index (χ0) is 16.8. The van der Waals surface area contributed by atoms with Crippen LogP contribution in [0.25, 0.3) is 10.9 Å². The van der Waals surface area contributed by atoms with E-state index in [1.54, 1.807) is 0 Å². The summed E-state index contributed by atoms with van der Waals surface area (Å²) in [5.41, 5.74) is 6.00. The highest BCUT2D eigenvalue weighted by Gasteiger charge is 2.09. The molecule has 3 N–H and O–H groups in total. The Hall–Kier alpha value is -1.96. The van der Waals surface area contributed by atoms with Crippen molar-refractivity contribution in [1.29, 1.82) is 0 Å². The van der Waals surface area contributed by atoms with Crippen molar-refractivity contribution in [3.63, 3.8) is 0 Å². The Kier molecular flexibility index (Phi) is 5.79. The van der Waals surface area contributed by atoms with Crippen LogP contribution in [0.15, 0.2) is 35.6 Å². The maximum Gasteiger partial charge on any atom is 0.187 e. The molecule has 0 saturated carbocycles. The molecule has 7 heteroatoms. The van der Waals surface area contributed by atoms with E-state index in [1.165, 1.54) is 0 Å². The molecule has 0 atom stereocenters. The average Bonchev–Trinajstić information content (AvgIpc) is 3.05. The first-order valence-electron chi connectivity index (χ1n) is 8.19. The molecule has 1 fully saturated rings. The minimum Gasteiger partial charge on any atom is -0.379 e. The minimum atomic E-state index is 0.544. The molecule has 1 aromatic carbocycles. The second-order valence-corrected chi connectivity index (χ2v) is 6.18. The smallest absolute Gasteiger partial charge is 0.187 e. The van der Waals surface area contributed by atoms with Crippen molar-refractivity contribution in [1.82, 2.24) is 20.6 Å². The van der Waals surface area contributed by atoms with Gasteiger partial charge in [0.2, 0.25) is 0 Å². The van der Waals surface area contributed by atoms with Gasteiger partial charge in [-0.15, -0.1) is 0 Å². The van der Waals surface area contributed by atoms with Gasteiger partial charge in [0, 0.05) is 48.8 Å². The number of H-pyrrole nitrogens is 1. The lowest BCUT2D eigenvalue weighted by Gasteiger charge is -2.26. The molecule has 0 unspecified atom stereocenters. The Morgan fingerprint density at radius 1 is 1.33 bits per heavy atom. The number of benzene rings is 1. The number of rotatable bonds is 5. The molecule has 24 heavy (non-hydrogen) atoms. The SMILES string of the molecule is C/C(=N\NC(=S)NCCN1CCOCC1)c1c[nH]c2ccccc12. The average molecular weight is 345 g/mol. The van der Waals surface area contributed by atoms with E-state index >= 15 is 0 Å². The number of nitrogens with one attached hydrogen (secondary N) is 3. The van der Waals surface area contributed by atoms with Gasteiger partial charge in [-0.1, -0.05) is 18.2 Å². The van der Waals surface area contributed by atoms with Crippen molar-refractivity contribution >= 4 is 33.9 Å². The molecule has 1 aromatic heterocycles. The first-order chi connectivity index (χ1) is 11.7. The lowest BCUT2D eigenvalue weighted by Crippen LogP contribution is -2.42. The second kappa shape index (κ2) is 8.23. The highest BCUT2D eigenvalue weighted by molar-refractivity contribution is 7.80. The lowest BCUT2D eigenvalue weighted by atomic mass is 10.1. The maximum atomic E-state index is 5.34. The Morgan fingerprint density at radius 3 is 2.96 bits per heavy atom. The number of hydrazone groups is 1. The molecule has 2 aromatic rings. The van der Waals surface area contributed by atoms with Crippen molar-refractivity contribution in [3.05, 3.63) is 36.0 Å². The fraction of sp³-hybridized carbons (Fsp3) is 0.412. The van der Waals surface area contributed by atoms with E-state index in [9.17, 15) is 0 Å². The number of aromatic amines is 1. The number of hydrogen-bond acceptors (Lipinski definition) is 4. The van der Waals surface area contributed by atoms with Crippen LogP contribution in [0, 0.1) is 0 Å². The third-order valence-electron chi connectivity index (χ3n) is 4.12. The van der Waals surface area contributed by atoms with Crippen LogP contribution in [-0.2, 0) is 4.74 Å². The van der Waals surface area contributed by atoms with Crippen LogP contribution in [0.2, 0.25) is 0 Å². The molecular formula is C17H23N5OS. The Balaban J connectivity index is 1.48. The van der Waals surface area contributed by atoms with Gasteiger partial charge in [-0.2, -0.15) is 5.10 Å². The van der Waals surface area contributed by atoms with Crippen LogP contribution in [-0.4, -0.2) is 60.1 Å². The van der Waals surface area contributed by atoms with Crippen molar-refractivity contribution in [3.8, 4) is 0 Å². The first-order valence-corrected chi connectivity index (χ1v) is 8.59. The zero-order valence-electron chi connectivity index (χ0n) is 13.8. The summed E-state index contributed by atoms with van der Waals surface area (Å²) in [6.45, 7) is 7.33. The predicted molar refractivity (Wildman–Crippen MR) is 102 cm³/mol. The minimum absolute atomic E-state index is 0.544. The van der Waals surface area contributed by atoms with Crippen molar-refractivity contribution < 1.29 is 4.74 Å². The van der Waals surface area contributed by atoms with Crippen molar-refractivity contribution in [2.24, 2.45) is 5.10 Å². The van der Waals surface area contributed by atoms with Gasteiger partial charge < -0.3 is 15.0 Å². The highest BCUT2D eigenvalue weighted by Crippen LogP contribution is 2.18. The topological polar surface area (TPSA) is 64.7 Å². The van der Waals surface area contributed by atoms with E-state index in [-0.39, 0.29) is 0 Å². The molecule has 2 heterocycles. The molecule has 0 aliphatic carbocycles. The predicted octanol–water partition coefficient (Wildman–Crippen LogP) is 1.69. The van der Waals surface area contributed by atoms with Gasteiger partial charge in [-0.3, -0.25) is 10.3 Å². The zero-order valence-corrected chi connectivity index (χ0v) is 14.7. The molecular weight excluding hydrogens is 322 g/mol. The Labute approximate surface area is 147 Å². The van der Waals surface area contributed by atoms with E-state index in [4.69, 9.17) is 17.0 Å². The standard InChI is InChI=1S/C17H23N5OS/c1-13(15-12-19-16-5-3-2-4-14(15)16)20-21-17(24)18-6-7-22-8-10-23-11-9-22/h2-5,12,19H,6-11H2,1H3,(H2,18,21,24)/b20-13+. The van der Waals surface area contributed by atoms with Crippen LogP contribution in [0.3, 0.4) is 0 Å². The van der Waals surface area contributed by atoms with E-state index in [1.807, 2.05) is 25.3 Å². The molecule has 0 bridgehead atoms. The number of fused-ring (bicyclic) bond motifs is 1. The highest BCUT2D eigenvalue weighted by atomic mass is 32.1. The summed E-state index contributed by atoms with van der Waals surface area (Å²) in [6, 6.07) is 8.18. The van der Waals surface area contributed by atoms with Gasteiger partial charge in [-0.25, -0.2) is 0 Å². The number of nitrogens with zero attached hydrogens (tertiary/aromatic N) is 2. The largest absolute Gasteiger partial charge is 0.379 e. The normalized spacial score (nSPS) is 16.3. The van der Waals surface area contributed by atoms with Gasteiger partial charge in [0.25, 0.3) is 0 Å². The summed E-state index contributed by atoms with van der Waals surface area (Å²) in [7, 11) is 0. The maximum absolute atomic E-state index is 5.34. The fourth-order valence-corrected chi connectivity index (χ4v) is 2.91. The van der Waals surface area contributed by atoms with Crippen LogP contribution in [0.1, 0.15) is 12.5 Å². The molecule has 128 valence electrons. The van der Waals surface area contributed by atoms with E-state index in [2.05, 4.69) is 37.9 Å². The molecule has 1 aliphatic rings. The number of morpholine rings is 1. The van der Waals surface area contributed by atoms with Crippen LogP contribution in [0.4, 0.5) is 0 Å². The van der Waals surface area contributed by atoms with E-state index < -0.39 is 0 Å². The van der Waals surface area contributed by atoms with E-state index in [0.29, 0.717) is 5.11 Å². The quantitative estimate of drug-likeness (QED) is 0.437. The Bertz CT molecular complexity index is 721. The summed E-state index contributed by atoms with van der Waals surface area (Å²) in [5, 5.41) is 9.29. The first kappa shape index (κ1) is 16.9. The molecule has 1 saturated heterocycles. The number of ether oxygens (including phenoxy) is 1. The van der Waals surface area contributed by atoms with Gasteiger partial charge in [0.15, 0.2) is 5.11 Å². The van der Waals surface area contributed by atoms with Crippen LogP contribution in [0.5, 0.6) is 0 Å². The molecule has 6 nitrogen and oxygen atoms in total. The summed E-state index contributed by atoms with van der Waals surface area (Å²) < 4.78 is 5.34. The molecule has 1 aliphatic heterocycles. The number of thiocarbonyl (C=S) groups is 1. The number of aromatic nitrogens is 1. The second-order valence-electron chi connectivity index (χ2n) is 5.77. The number of hydrogen-bond donors (Lipinski definition) is 3. The van der Waals surface area contributed by atoms with Gasteiger partial charge >= 0.3 is 0 Å². The van der Waals surface area contributed by atoms with Crippen molar-refractivity contribution in [2.45, 2.75) is 6.92 Å². The summed E-state index contributed by atoms with van der Waals surface area (Å²) in [4.78, 5) is 5.62. The van der Waals surface area contributed by atoms with E-state index in [0.717, 1.165) is 61.6 Å². The molecule has 3 rings (SSSR count). The summed E-state index contributed by atoms with van der Waals surface area (Å²) >= 11 is 5.28. The third kappa shape index (κ3) is 4.31. The van der Waals surface area contributed by atoms with Gasteiger partial charge in [0.1, 0.15) is 0 Å². The summed E-state index contributed by atoms with van der Waals surface area (Å²) in [5.74, 6) is 0. The van der Waals surface area contributed by atoms with Crippen LogP contribution < -0.4 is 10.7 Å². The molecule has 0 radical (unpaired) electrons. The van der Waals surface area contributed by atoms with Crippen molar-refractivity contribution in [2.75, 3.05) is 39.4 Å². The van der Waals surface area contributed by atoms with Crippen LogP contribution >= 0.6 is 12.2 Å². The molecule has 0 amide bonds. The monoisotopic (exact) mass is 345 g/mol.